The lowest BCUT2D eigenvalue weighted by atomic mass is 10.2. The van der Waals surface area contributed by atoms with E-state index in [4.69, 9.17) is 11.6 Å². The van der Waals surface area contributed by atoms with Crippen LogP contribution in [0.4, 0.5) is 0 Å². The Hall–Kier alpha value is -1.67. The molecule has 0 aliphatic rings. The maximum atomic E-state index is 12.0. The van der Waals surface area contributed by atoms with Gasteiger partial charge in [0, 0.05) is 37.0 Å². The van der Waals surface area contributed by atoms with E-state index in [-0.39, 0.29) is 4.90 Å². The fourth-order valence-electron chi connectivity index (χ4n) is 2.20. The molecule has 5 nitrogen and oxygen atoms in total. The molecule has 0 fully saturated rings. The SMILES string of the molecule is CN(C)S(=O)(=O)c1ccc(SCc2cc3ccccc3nc2Cl)nc1. The first-order valence-electron chi connectivity index (χ1n) is 7.43. The largest absolute Gasteiger partial charge is 0.249 e. The number of benzene rings is 1. The number of rotatable bonds is 5. The van der Waals surface area contributed by atoms with Crippen molar-refractivity contribution in [1.82, 2.24) is 14.3 Å². The highest BCUT2D eigenvalue weighted by Gasteiger charge is 2.17. The molecule has 0 atom stereocenters. The van der Waals surface area contributed by atoms with Gasteiger partial charge in [0.2, 0.25) is 10.0 Å². The number of pyridine rings is 2. The van der Waals surface area contributed by atoms with E-state index in [0.29, 0.717) is 10.9 Å². The smallest absolute Gasteiger partial charge is 0.244 e. The fourth-order valence-corrected chi connectivity index (χ4v) is 4.16. The van der Waals surface area contributed by atoms with Crippen molar-refractivity contribution in [3.63, 3.8) is 0 Å². The molecule has 0 saturated carbocycles. The Labute approximate surface area is 156 Å². The van der Waals surface area contributed by atoms with Crippen LogP contribution >= 0.6 is 23.4 Å². The minimum absolute atomic E-state index is 0.173. The van der Waals surface area contributed by atoms with Crippen LogP contribution in [0.25, 0.3) is 10.9 Å². The third kappa shape index (κ3) is 3.95. The Kier molecular flexibility index (Phi) is 5.29. The van der Waals surface area contributed by atoms with Gasteiger partial charge in [0.25, 0.3) is 0 Å². The second-order valence-corrected chi connectivity index (χ2v) is 9.04. The molecule has 0 radical (unpaired) electrons. The lowest BCUT2D eigenvalue weighted by Gasteiger charge is -2.11. The number of thioether (sulfide) groups is 1. The van der Waals surface area contributed by atoms with Crippen LogP contribution in [0, 0.1) is 0 Å². The summed E-state index contributed by atoms with van der Waals surface area (Å²) < 4.78 is 25.3. The average Bonchev–Trinajstić information content (AvgIpc) is 2.60. The van der Waals surface area contributed by atoms with E-state index in [1.807, 2.05) is 30.3 Å². The van der Waals surface area contributed by atoms with Crippen molar-refractivity contribution in [1.29, 1.82) is 0 Å². The molecule has 0 spiro atoms. The molecular weight excluding hydrogens is 378 g/mol. The van der Waals surface area contributed by atoms with Gasteiger partial charge in [-0.05, 0) is 24.3 Å². The van der Waals surface area contributed by atoms with Crippen LogP contribution in [0.15, 0.2) is 58.6 Å². The van der Waals surface area contributed by atoms with Gasteiger partial charge in [-0.25, -0.2) is 22.7 Å². The highest BCUT2D eigenvalue weighted by Crippen LogP contribution is 2.27. The molecule has 8 heteroatoms. The second kappa shape index (κ2) is 7.29. The van der Waals surface area contributed by atoms with Crippen LogP contribution in [0.3, 0.4) is 0 Å². The Bertz CT molecular complexity index is 1010. The Morgan fingerprint density at radius 3 is 2.60 bits per heavy atom. The average molecular weight is 394 g/mol. The second-order valence-electron chi connectivity index (χ2n) is 5.54. The normalized spacial score (nSPS) is 12.0. The molecule has 0 saturated heterocycles. The van der Waals surface area contributed by atoms with Gasteiger partial charge in [-0.1, -0.05) is 29.8 Å². The molecule has 0 amide bonds. The Morgan fingerprint density at radius 2 is 1.92 bits per heavy atom. The lowest BCUT2D eigenvalue weighted by Crippen LogP contribution is -2.22. The quantitative estimate of drug-likeness (QED) is 0.487. The molecule has 0 unspecified atom stereocenters. The highest BCUT2D eigenvalue weighted by atomic mass is 35.5. The van der Waals surface area contributed by atoms with Crippen LogP contribution in [-0.4, -0.2) is 36.8 Å². The molecule has 0 aliphatic heterocycles. The molecule has 1 aromatic carbocycles. The number of fused-ring (bicyclic) bond motifs is 1. The van der Waals surface area contributed by atoms with E-state index in [2.05, 4.69) is 9.97 Å². The standard InChI is InChI=1S/C17H16ClN3O2S2/c1-21(2)25(22,23)14-7-8-16(19-10-14)24-11-13-9-12-5-3-4-6-15(12)20-17(13)18/h3-10H,11H2,1-2H3. The number of para-hydroxylation sites is 1. The molecule has 3 aromatic rings. The molecular formula is C17H16ClN3O2S2. The molecule has 2 aromatic heterocycles. The van der Waals surface area contributed by atoms with Crippen molar-refractivity contribution in [2.24, 2.45) is 0 Å². The van der Waals surface area contributed by atoms with Crippen LogP contribution in [0.1, 0.15) is 5.56 Å². The molecule has 0 aliphatic carbocycles. The summed E-state index contributed by atoms with van der Waals surface area (Å²) in [5.41, 5.74) is 1.77. The number of hydrogen-bond donors (Lipinski definition) is 0. The molecule has 130 valence electrons. The minimum Gasteiger partial charge on any atom is -0.249 e. The first-order valence-corrected chi connectivity index (χ1v) is 10.2. The van der Waals surface area contributed by atoms with Crippen molar-refractivity contribution in [3.05, 3.63) is 59.4 Å². The van der Waals surface area contributed by atoms with E-state index in [1.165, 1.54) is 32.1 Å². The minimum atomic E-state index is -3.46. The summed E-state index contributed by atoms with van der Waals surface area (Å²) in [4.78, 5) is 8.80. The topological polar surface area (TPSA) is 63.2 Å². The maximum Gasteiger partial charge on any atom is 0.244 e. The zero-order valence-corrected chi connectivity index (χ0v) is 16.1. The van der Waals surface area contributed by atoms with E-state index >= 15 is 0 Å². The van der Waals surface area contributed by atoms with Crippen LogP contribution in [0.2, 0.25) is 5.15 Å². The van der Waals surface area contributed by atoms with Crippen LogP contribution in [-0.2, 0) is 15.8 Å². The zero-order valence-electron chi connectivity index (χ0n) is 13.7. The van der Waals surface area contributed by atoms with E-state index in [1.54, 1.807) is 12.1 Å². The van der Waals surface area contributed by atoms with Crippen molar-refractivity contribution < 1.29 is 8.42 Å². The van der Waals surface area contributed by atoms with E-state index in [0.717, 1.165) is 25.8 Å². The summed E-state index contributed by atoms with van der Waals surface area (Å²) in [6.07, 6.45) is 1.37. The Balaban J connectivity index is 1.77. The van der Waals surface area contributed by atoms with Crippen molar-refractivity contribution in [2.45, 2.75) is 15.7 Å². The third-order valence-corrected chi connectivity index (χ3v) is 6.73. The molecule has 3 rings (SSSR count). The number of sulfonamides is 1. The van der Waals surface area contributed by atoms with Gasteiger partial charge < -0.3 is 0 Å². The van der Waals surface area contributed by atoms with Gasteiger partial charge in [-0.2, -0.15) is 0 Å². The van der Waals surface area contributed by atoms with Crippen molar-refractivity contribution in [2.75, 3.05) is 14.1 Å². The van der Waals surface area contributed by atoms with Gasteiger partial charge in [0.15, 0.2) is 0 Å². The lowest BCUT2D eigenvalue weighted by molar-refractivity contribution is 0.520. The highest BCUT2D eigenvalue weighted by molar-refractivity contribution is 7.98. The summed E-state index contributed by atoms with van der Waals surface area (Å²) in [7, 11) is -0.476. The van der Waals surface area contributed by atoms with E-state index in [9.17, 15) is 8.42 Å². The van der Waals surface area contributed by atoms with Gasteiger partial charge in [-0.15, -0.1) is 11.8 Å². The number of aromatic nitrogens is 2. The summed E-state index contributed by atoms with van der Waals surface area (Å²) in [5, 5.41) is 2.22. The summed E-state index contributed by atoms with van der Waals surface area (Å²) in [6, 6.07) is 13.1. The number of halogens is 1. The van der Waals surface area contributed by atoms with Gasteiger partial charge in [0.1, 0.15) is 10.0 Å². The fraction of sp³-hybridized carbons (Fsp3) is 0.176. The molecule has 0 bridgehead atoms. The monoisotopic (exact) mass is 393 g/mol. The van der Waals surface area contributed by atoms with Gasteiger partial charge in [-0.3, -0.25) is 0 Å². The molecule has 2 heterocycles. The number of nitrogens with zero attached hydrogens (tertiary/aromatic N) is 3. The molecule has 25 heavy (non-hydrogen) atoms. The number of hydrogen-bond acceptors (Lipinski definition) is 5. The van der Waals surface area contributed by atoms with Crippen molar-refractivity contribution >= 4 is 44.3 Å². The van der Waals surface area contributed by atoms with Gasteiger partial charge >= 0.3 is 0 Å². The summed E-state index contributed by atoms with van der Waals surface area (Å²) >= 11 is 7.74. The van der Waals surface area contributed by atoms with E-state index < -0.39 is 10.0 Å². The van der Waals surface area contributed by atoms with Crippen LogP contribution < -0.4 is 0 Å². The summed E-state index contributed by atoms with van der Waals surface area (Å²) in [6.45, 7) is 0. The van der Waals surface area contributed by atoms with Gasteiger partial charge in [0.05, 0.1) is 10.5 Å². The predicted molar refractivity (Wildman–Crippen MR) is 101 cm³/mol. The third-order valence-electron chi connectivity index (χ3n) is 3.61. The summed E-state index contributed by atoms with van der Waals surface area (Å²) in [5.74, 6) is 0.601. The molecule has 0 N–H and O–H groups in total. The van der Waals surface area contributed by atoms with Crippen molar-refractivity contribution in [3.8, 4) is 0 Å². The zero-order chi connectivity index (χ0) is 18.0. The van der Waals surface area contributed by atoms with Crippen LogP contribution in [0.5, 0.6) is 0 Å². The first kappa shape index (κ1) is 18.1. The first-order chi connectivity index (χ1) is 11.9. The predicted octanol–water partition coefficient (Wildman–Crippen LogP) is 3.83. The maximum absolute atomic E-state index is 12.0. The Morgan fingerprint density at radius 1 is 1.16 bits per heavy atom.